The molecule has 6 nitrogen and oxygen atoms in total. The van der Waals surface area contributed by atoms with Crippen molar-refractivity contribution in [3.05, 3.63) is 77.6 Å². The Labute approximate surface area is 284 Å². The molecule has 0 aliphatic rings. The van der Waals surface area contributed by atoms with Gasteiger partial charge >= 0.3 is 11.9 Å². The molecule has 2 aromatic rings. The Kier molecular flexibility index (Phi) is 16.3. The van der Waals surface area contributed by atoms with E-state index in [0.717, 1.165) is 45.2 Å². The molecule has 0 bridgehead atoms. The SMILES string of the molecule is C=C(C)C(=O)OCCOC(C)Sc1c(Br)cc(Cc2cc(Br)c(SC(C)OCCOC(=O)C(=C)C)c(Br)c2)cc1Br. The van der Waals surface area contributed by atoms with Crippen molar-refractivity contribution in [2.45, 2.75) is 54.8 Å². The van der Waals surface area contributed by atoms with Crippen molar-refractivity contribution in [1.82, 2.24) is 0 Å². The normalized spacial score (nSPS) is 12.5. The van der Waals surface area contributed by atoms with Gasteiger partial charge in [-0.1, -0.05) is 36.7 Å². The molecule has 0 amide bonds. The van der Waals surface area contributed by atoms with Crippen molar-refractivity contribution in [2.75, 3.05) is 26.4 Å². The van der Waals surface area contributed by atoms with Gasteiger partial charge in [0.25, 0.3) is 0 Å². The summed E-state index contributed by atoms with van der Waals surface area (Å²) < 4.78 is 25.6. The molecule has 0 spiro atoms. The summed E-state index contributed by atoms with van der Waals surface area (Å²) in [6.07, 6.45) is 0.727. The number of carbonyl (C=O) groups excluding carboxylic acids is 2. The van der Waals surface area contributed by atoms with Crippen LogP contribution < -0.4 is 0 Å². The van der Waals surface area contributed by atoms with Crippen LogP contribution in [0.3, 0.4) is 0 Å². The summed E-state index contributed by atoms with van der Waals surface area (Å²) in [5, 5.41) is 0. The predicted octanol–water partition coefficient (Wildman–Crippen LogP) is 9.48. The lowest BCUT2D eigenvalue weighted by Gasteiger charge is -2.17. The third-order valence-electron chi connectivity index (χ3n) is 5.13. The molecule has 0 heterocycles. The highest BCUT2D eigenvalue weighted by Gasteiger charge is 2.16. The van der Waals surface area contributed by atoms with Gasteiger partial charge in [-0.25, -0.2) is 9.59 Å². The molecule has 2 unspecified atom stereocenters. The second-order valence-electron chi connectivity index (χ2n) is 8.90. The first kappa shape index (κ1) is 36.6. The standard InChI is InChI=1S/C29H32Br4O6S2/c1-16(2)28(34)38-9-7-36-18(5)40-26-22(30)12-20(13-23(26)31)11-21-14-24(32)27(25(33)15-21)41-19(6)37-8-10-39-29(35)17(3)4/h12-15,18-19H,1,3,7-11H2,2,4-6H3. The van der Waals surface area contributed by atoms with Gasteiger partial charge in [0.1, 0.15) is 24.1 Å². The fourth-order valence-electron chi connectivity index (χ4n) is 3.23. The van der Waals surface area contributed by atoms with Crippen molar-refractivity contribution in [3.8, 4) is 0 Å². The Morgan fingerprint density at radius 2 is 1.00 bits per heavy atom. The van der Waals surface area contributed by atoms with Gasteiger partial charge in [-0.05, 0) is 133 Å². The van der Waals surface area contributed by atoms with Crippen LogP contribution in [0.25, 0.3) is 0 Å². The lowest BCUT2D eigenvalue weighted by atomic mass is 10.1. The van der Waals surface area contributed by atoms with E-state index in [0.29, 0.717) is 24.4 Å². The monoisotopic (exact) mass is 856 g/mol. The molecule has 224 valence electrons. The maximum atomic E-state index is 11.5. The molecule has 0 saturated carbocycles. The van der Waals surface area contributed by atoms with E-state index in [4.69, 9.17) is 18.9 Å². The molecule has 2 atom stereocenters. The van der Waals surface area contributed by atoms with Crippen molar-refractivity contribution in [3.63, 3.8) is 0 Å². The largest absolute Gasteiger partial charge is 0.460 e. The van der Waals surface area contributed by atoms with Crippen molar-refractivity contribution >= 4 is 99.2 Å². The van der Waals surface area contributed by atoms with E-state index in [2.05, 4.69) is 101 Å². The number of rotatable bonds is 16. The molecule has 41 heavy (non-hydrogen) atoms. The number of esters is 2. The van der Waals surface area contributed by atoms with E-state index in [9.17, 15) is 9.59 Å². The van der Waals surface area contributed by atoms with Crippen molar-refractivity contribution in [1.29, 1.82) is 0 Å². The average molecular weight is 860 g/mol. The topological polar surface area (TPSA) is 71.1 Å². The number of benzene rings is 2. The van der Waals surface area contributed by atoms with Crippen LogP contribution in [0, 0.1) is 0 Å². The second kappa shape index (κ2) is 18.3. The molecule has 2 rings (SSSR count). The first-order valence-corrected chi connectivity index (χ1v) is 17.4. The average Bonchev–Trinajstić information content (AvgIpc) is 2.88. The fraction of sp³-hybridized carbons (Fsp3) is 0.379. The highest BCUT2D eigenvalue weighted by atomic mass is 79.9. The van der Waals surface area contributed by atoms with Crippen molar-refractivity contribution in [2.24, 2.45) is 0 Å². The molecule has 0 aliphatic carbocycles. The molecular formula is C29H32Br4O6S2. The Balaban J connectivity index is 1.95. The zero-order chi connectivity index (χ0) is 30.7. The van der Waals surface area contributed by atoms with Crippen LogP contribution in [0.1, 0.15) is 38.8 Å². The van der Waals surface area contributed by atoms with Crippen molar-refractivity contribution < 1.29 is 28.5 Å². The molecule has 0 saturated heterocycles. The maximum absolute atomic E-state index is 11.5. The molecule has 2 aromatic carbocycles. The first-order chi connectivity index (χ1) is 19.3. The minimum atomic E-state index is -0.415. The summed E-state index contributed by atoms with van der Waals surface area (Å²) in [5.74, 6) is -0.830. The van der Waals surface area contributed by atoms with Crippen LogP contribution in [0.15, 0.2) is 76.3 Å². The van der Waals surface area contributed by atoms with Gasteiger partial charge in [-0.2, -0.15) is 0 Å². The Hall–Kier alpha value is -0.600. The molecule has 0 aliphatic heterocycles. The van der Waals surface area contributed by atoms with Gasteiger partial charge in [0.2, 0.25) is 0 Å². The number of halogens is 4. The van der Waals surface area contributed by atoms with E-state index < -0.39 is 11.9 Å². The number of carbonyl (C=O) groups is 2. The molecule has 12 heteroatoms. The van der Waals surface area contributed by atoms with Crippen LogP contribution in [0.2, 0.25) is 0 Å². The van der Waals surface area contributed by atoms with E-state index in [1.807, 2.05) is 13.8 Å². The number of hydrogen-bond acceptors (Lipinski definition) is 8. The number of hydrogen-bond donors (Lipinski definition) is 0. The van der Waals surface area contributed by atoms with Gasteiger partial charge in [0.05, 0.1) is 13.2 Å². The van der Waals surface area contributed by atoms with Crippen LogP contribution in [0.5, 0.6) is 0 Å². The van der Waals surface area contributed by atoms with Gasteiger partial charge in [-0.3, -0.25) is 0 Å². The van der Waals surface area contributed by atoms with Crippen LogP contribution >= 0.6 is 87.2 Å². The maximum Gasteiger partial charge on any atom is 0.333 e. The third-order valence-corrected chi connectivity index (χ3v) is 11.0. The summed E-state index contributed by atoms with van der Waals surface area (Å²) in [4.78, 5) is 25.0. The van der Waals surface area contributed by atoms with E-state index in [-0.39, 0.29) is 24.1 Å². The summed E-state index contributed by atoms with van der Waals surface area (Å²) in [7, 11) is 0. The van der Waals surface area contributed by atoms with Crippen LogP contribution in [-0.2, 0) is 35.0 Å². The van der Waals surface area contributed by atoms with Gasteiger partial charge in [-0.15, -0.1) is 0 Å². The quantitative estimate of drug-likeness (QED) is 0.0544. The zero-order valence-electron chi connectivity index (χ0n) is 23.2. The van der Waals surface area contributed by atoms with E-state index in [1.54, 1.807) is 37.4 Å². The third kappa shape index (κ3) is 12.9. The van der Waals surface area contributed by atoms with Gasteiger partial charge in [0, 0.05) is 38.8 Å². The minimum Gasteiger partial charge on any atom is -0.460 e. The summed E-state index contributed by atoms with van der Waals surface area (Å²) in [6.45, 7) is 15.2. The molecule has 0 fully saturated rings. The van der Waals surface area contributed by atoms with E-state index >= 15 is 0 Å². The van der Waals surface area contributed by atoms with Gasteiger partial charge in [0.15, 0.2) is 0 Å². The highest BCUT2D eigenvalue weighted by molar-refractivity contribution is 9.11. The lowest BCUT2D eigenvalue weighted by Crippen LogP contribution is -2.14. The number of ether oxygens (including phenoxy) is 4. The summed E-state index contributed by atoms with van der Waals surface area (Å²) in [6, 6.07) is 8.43. The Morgan fingerprint density at radius 1 is 0.683 bits per heavy atom. The second-order valence-corrected chi connectivity index (χ2v) is 14.9. The van der Waals surface area contributed by atoms with Crippen LogP contribution in [0.4, 0.5) is 0 Å². The Bertz CT molecular complexity index is 1130. The highest BCUT2D eigenvalue weighted by Crippen LogP contribution is 2.41. The molecule has 0 N–H and O–H groups in total. The van der Waals surface area contributed by atoms with Gasteiger partial charge < -0.3 is 18.9 Å². The number of thioether (sulfide) groups is 2. The molecule has 0 aromatic heterocycles. The summed E-state index contributed by atoms with van der Waals surface area (Å²) in [5.41, 5.74) is 2.71. The predicted molar refractivity (Wildman–Crippen MR) is 181 cm³/mol. The Morgan fingerprint density at radius 3 is 1.29 bits per heavy atom. The summed E-state index contributed by atoms with van der Waals surface area (Å²) >= 11 is 18.0. The van der Waals surface area contributed by atoms with Crippen LogP contribution in [-0.4, -0.2) is 49.2 Å². The fourth-order valence-corrected chi connectivity index (χ4v) is 8.60. The first-order valence-electron chi connectivity index (χ1n) is 12.5. The lowest BCUT2D eigenvalue weighted by molar-refractivity contribution is -0.141. The minimum absolute atomic E-state index is 0.147. The zero-order valence-corrected chi connectivity index (χ0v) is 31.2. The van der Waals surface area contributed by atoms with E-state index in [1.165, 1.54) is 0 Å². The molecule has 0 radical (unpaired) electrons. The molecular weight excluding hydrogens is 828 g/mol. The smallest absolute Gasteiger partial charge is 0.333 e.